The van der Waals surface area contributed by atoms with Crippen LogP contribution >= 0.6 is 11.8 Å². The SMILES string of the molecule is CS(=O)(=O)CCC(=O)N1CCSCC1C(=O)O. The molecular weight excluding hydrogens is 266 g/mol. The zero-order valence-corrected chi connectivity index (χ0v) is 11.1. The molecule has 98 valence electrons. The highest BCUT2D eigenvalue weighted by atomic mass is 32.2. The lowest BCUT2D eigenvalue weighted by Crippen LogP contribution is -2.50. The Morgan fingerprint density at radius 2 is 2.12 bits per heavy atom. The van der Waals surface area contributed by atoms with E-state index in [1.807, 2.05) is 0 Å². The predicted molar refractivity (Wildman–Crippen MR) is 64.8 cm³/mol. The van der Waals surface area contributed by atoms with Crippen LogP contribution < -0.4 is 0 Å². The Hall–Kier alpha value is -0.760. The summed E-state index contributed by atoms with van der Waals surface area (Å²) in [7, 11) is -3.20. The zero-order chi connectivity index (χ0) is 13.1. The molecule has 0 spiro atoms. The number of carbonyl (C=O) groups is 2. The second kappa shape index (κ2) is 5.72. The van der Waals surface area contributed by atoms with Crippen LogP contribution in [0.15, 0.2) is 0 Å². The Kier molecular flexibility index (Phi) is 4.81. The van der Waals surface area contributed by atoms with Crippen LogP contribution in [0, 0.1) is 0 Å². The molecule has 1 aliphatic rings. The van der Waals surface area contributed by atoms with Crippen molar-refractivity contribution in [2.45, 2.75) is 12.5 Å². The van der Waals surface area contributed by atoms with E-state index in [2.05, 4.69) is 0 Å². The fourth-order valence-electron chi connectivity index (χ4n) is 1.52. The summed E-state index contributed by atoms with van der Waals surface area (Å²) >= 11 is 1.48. The Bertz CT molecular complexity index is 406. The van der Waals surface area contributed by atoms with Crippen LogP contribution in [0.5, 0.6) is 0 Å². The van der Waals surface area contributed by atoms with E-state index < -0.39 is 27.8 Å². The van der Waals surface area contributed by atoms with E-state index >= 15 is 0 Å². The summed E-state index contributed by atoms with van der Waals surface area (Å²) in [4.78, 5) is 24.0. The molecular formula is C9H15NO5S2. The van der Waals surface area contributed by atoms with E-state index in [4.69, 9.17) is 5.11 Å². The fourth-order valence-corrected chi connectivity index (χ4v) is 3.11. The van der Waals surface area contributed by atoms with Gasteiger partial charge in [-0.3, -0.25) is 4.79 Å². The molecule has 1 N–H and O–H groups in total. The van der Waals surface area contributed by atoms with E-state index in [0.717, 1.165) is 6.26 Å². The molecule has 0 aromatic heterocycles. The number of hydrogen-bond donors (Lipinski definition) is 1. The molecule has 1 rings (SSSR count). The third kappa shape index (κ3) is 4.55. The first-order chi connectivity index (χ1) is 7.81. The van der Waals surface area contributed by atoms with E-state index in [1.54, 1.807) is 0 Å². The average molecular weight is 281 g/mol. The predicted octanol–water partition coefficient (Wildman–Crippen LogP) is -0.550. The smallest absolute Gasteiger partial charge is 0.327 e. The first-order valence-corrected chi connectivity index (χ1v) is 8.30. The number of amides is 1. The van der Waals surface area contributed by atoms with Crippen molar-refractivity contribution in [3.8, 4) is 0 Å². The summed E-state index contributed by atoms with van der Waals surface area (Å²) in [5, 5.41) is 8.96. The molecule has 0 radical (unpaired) electrons. The van der Waals surface area contributed by atoms with Crippen LogP contribution in [0.4, 0.5) is 0 Å². The van der Waals surface area contributed by atoms with Gasteiger partial charge in [0.15, 0.2) is 0 Å². The van der Waals surface area contributed by atoms with Crippen molar-refractivity contribution in [1.82, 2.24) is 4.90 Å². The van der Waals surface area contributed by atoms with Crippen molar-refractivity contribution >= 4 is 33.5 Å². The minimum Gasteiger partial charge on any atom is -0.480 e. The standard InChI is InChI=1S/C9H15NO5S2/c1-17(14,15)5-2-8(11)10-3-4-16-6-7(10)9(12)13/h7H,2-6H2,1H3,(H,12,13). The molecule has 0 saturated carbocycles. The number of hydrogen-bond acceptors (Lipinski definition) is 5. The van der Waals surface area contributed by atoms with Crippen LogP contribution in [0.2, 0.25) is 0 Å². The van der Waals surface area contributed by atoms with Crippen molar-refractivity contribution in [2.75, 3.05) is 30.1 Å². The lowest BCUT2D eigenvalue weighted by Gasteiger charge is -2.32. The molecule has 1 aliphatic heterocycles. The molecule has 1 fully saturated rings. The second-order valence-electron chi connectivity index (χ2n) is 3.90. The lowest BCUT2D eigenvalue weighted by atomic mass is 10.2. The molecule has 0 aromatic carbocycles. The van der Waals surface area contributed by atoms with Crippen molar-refractivity contribution in [3.63, 3.8) is 0 Å². The first kappa shape index (κ1) is 14.3. The molecule has 1 heterocycles. The summed E-state index contributed by atoms with van der Waals surface area (Å²) in [5.74, 6) is -0.621. The fraction of sp³-hybridized carbons (Fsp3) is 0.778. The number of rotatable bonds is 4. The maximum absolute atomic E-state index is 11.7. The third-order valence-electron chi connectivity index (χ3n) is 2.42. The molecule has 1 atom stereocenters. The number of nitrogens with zero attached hydrogens (tertiary/aromatic N) is 1. The van der Waals surface area contributed by atoms with E-state index in [0.29, 0.717) is 18.1 Å². The summed E-state index contributed by atoms with van der Waals surface area (Å²) in [5.41, 5.74) is 0. The van der Waals surface area contributed by atoms with Gasteiger partial charge in [0.1, 0.15) is 15.9 Å². The van der Waals surface area contributed by atoms with Gasteiger partial charge in [0.25, 0.3) is 0 Å². The van der Waals surface area contributed by atoms with Gasteiger partial charge >= 0.3 is 5.97 Å². The van der Waals surface area contributed by atoms with E-state index in [1.165, 1.54) is 16.7 Å². The quantitative estimate of drug-likeness (QED) is 0.743. The normalized spacial score (nSPS) is 21.2. The molecule has 0 aromatic rings. The van der Waals surface area contributed by atoms with Gasteiger partial charge in [-0.05, 0) is 0 Å². The lowest BCUT2D eigenvalue weighted by molar-refractivity contribution is -0.149. The summed E-state index contributed by atoms with van der Waals surface area (Å²) in [6.07, 6.45) is 0.911. The molecule has 1 unspecified atom stereocenters. The highest BCUT2D eigenvalue weighted by molar-refractivity contribution is 7.99. The minimum atomic E-state index is -3.20. The van der Waals surface area contributed by atoms with Crippen LogP contribution in [-0.2, 0) is 19.4 Å². The van der Waals surface area contributed by atoms with Gasteiger partial charge in [-0.25, -0.2) is 13.2 Å². The summed E-state index contributed by atoms with van der Waals surface area (Å²) in [6.45, 7) is 0.365. The molecule has 6 nitrogen and oxygen atoms in total. The van der Waals surface area contributed by atoms with Crippen molar-refractivity contribution in [1.29, 1.82) is 0 Å². The maximum Gasteiger partial charge on any atom is 0.327 e. The maximum atomic E-state index is 11.7. The molecule has 17 heavy (non-hydrogen) atoms. The highest BCUT2D eigenvalue weighted by Crippen LogP contribution is 2.17. The largest absolute Gasteiger partial charge is 0.480 e. The Morgan fingerprint density at radius 3 is 2.65 bits per heavy atom. The van der Waals surface area contributed by atoms with Gasteiger partial charge in [-0.2, -0.15) is 11.8 Å². The van der Waals surface area contributed by atoms with Crippen LogP contribution in [-0.4, -0.2) is 66.4 Å². The molecule has 0 bridgehead atoms. The van der Waals surface area contributed by atoms with Gasteiger partial charge in [0, 0.05) is 30.7 Å². The second-order valence-corrected chi connectivity index (χ2v) is 7.31. The molecule has 0 aliphatic carbocycles. The number of aliphatic carboxylic acids is 1. The minimum absolute atomic E-state index is 0.146. The van der Waals surface area contributed by atoms with Crippen LogP contribution in [0.1, 0.15) is 6.42 Å². The molecule has 1 amide bonds. The number of carboxylic acids is 1. The van der Waals surface area contributed by atoms with Crippen molar-refractivity contribution in [2.24, 2.45) is 0 Å². The highest BCUT2D eigenvalue weighted by Gasteiger charge is 2.32. The molecule has 8 heteroatoms. The number of carboxylic acid groups (broad SMARTS) is 1. The average Bonchev–Trinajstić information content (AvgIpc) is 2.25. The first-order valence-electron chi connectivity index (χ1n) is 5.09. The Balaban J connectivity index is 2.62. The molecule has 1 saturated heterocycles. The third-order valence-corrected chi connectivity index (χ3v) is 4.39. The Labute approximate surface area is 104 Å². The van der Waals surface area contributed by atoms with E-state index in [-0.39, 0.29) is 12.2 Å². The summed E-state index contributed by atoms with van der Waals surface area (Å²) < 4.78 is 21.9. The van der Waals surface area contributed by atoms with Gasteiger partial charge in [-0.15, -0.1) is 0 Å². The number of sulfone groups is 1. The monoisotopic (exact) mass is 281 g/mol. The Morgan fingerprint density at radius 1 is 1.47 bits per heavy atom. The van der Waals surface area contributed by atoms with Crippen molar-refractivity contribution in [3.05, 3.63) is 0 Å². The van der Waals surface area contributed by atoms with Crippen molar-refractivity contribution < 1.29 is 23.1 Å². The topological polar surface area (TPSA) is 91.8 Å². The van der Waals surface area contributed by atoms with Gasteiger partial charge in [-0.1, -0.05) is 0 Å². The van der Waals surface area contributed by atoms with E-state index in [9.17, 15) is 18.0 Å². The van der Waals surface area contributed by atoms with Crippen LogP contribution in [0.3, 0.4) is 0 Å². The van der Waals surface area contributed by atoms with Crippen LogP contribution in [0.25, 0.3) is 0 Å². The van der Waals surface area contributed by atoms with Gasteiger partial charge in [0.2, 0.25) is 5.91 Å². The van der Waals surface area contributed by atoms with Gasteiger partial charge < -0.3 is 10.0 Å². The zero-order valence-electron chi connectivity index (χ0n) is 9.46. The number of thioether (sulfide) groups is 1. The summed E-state index contributed by atoms with van der Waals surface area (Å²) in [6, 6.07) is -0.833. The van der Waals surface area contributed by atoms with Gasteiger partial charge in [0.05, 0.1) is 5.75 Å². The number of carbonyl (C=O) groups excluding carboxylic acids is 1.